The number of aryl methyl sites for hydroxylation is 1. The van der Waals surface area contributed by atoms with Crippen LogP contribution in [-0.4, -0.2) is 44.7 Å². The number of nitrogens with one attached hydrogen (secondary N) is 1. The first-order chi connectivity index (χ1) is 16.7. The monoisotopic (exact) mass is 451 g/mol. The normalized spacial score (nSPS) is 22.6. The summed E-state index contributed by atoms with van der Waals surface area (Å²) in [6.45, 7) is 8.92. The number of piperidine rings is 1. The summed E-state index contributed by atoms with van der Waals surface area (Å²) in [4.78, 5) is 7.65. The Balaban J connectivity index is 1.25. The summed E-state index contributed by atoms with van der Waals surface area (Å²) in [5, 5.41) is 4.98. The Morgan fingerprint density at radius 3 is 2.82 bits per heavy atom. The molecule has 0 amide bonds. The minimum atomic E-state index is 0.615. The van der Waals surface area contributed by atoms with Crippen molar-refractivity contribution in [3.63, 3.8) is 0 Å². The van der Waals surface area contributed by atoms with Crippen molar-refractivity contribution >= 4 is 27.6 Å². The third-order valence-corrected chi connectivity index (χ3v) is 8.45. The quantitative estimate of drug-likeness (QED) is 0.450. The van der Waals surface area contributed by atoms with Crippen LogP contribution < -0.4 is 5.32 Å². The number of likely N-dealkylation sites (tertiary alicyclic amines) is 1. The van der Waals surface area contributed by atoms with Crippen molar-refractivity contribution < 1.29 is 0 Å². The zero-order valence-corrected chi connectivity index (χ0v) is 20.0. The summed E-state index contributed by atoms with van der Waals surface area (Å²) in [7, 11) is 2.15. The van der Waals surface area contributed by atoms with Gasteiger partial charge in [-0.25, -0.2) is 4.98 Å². The van der Waals surface area contributed by atoms with Gasteiger partial charge >= 0.3 is 0 Å². The topological polar surface area (TPSA) is 38.0 Å². The van der Waals surface area contributed by atoms with Crippen LogP contribution in [0.4, 0.5) is 0 Å². The highest BCUT2D eigenvalue weighted by Gasteiger charge is 2.33. The van der Waals surface area contributed by atoms with E-state index in [0.717, 1.165) is 55.1 Å². The molecule has 174 valence electrons. The molecule has 1 aliphatic carbocycles. The molecule has 2 saturated heterocycles. The molecular formula is C29H33N5. The molecule has 5 nitrogen and oxygen atoms in total. The summed E-state index contributed by atoms with van der Waals surface area (Å²) in [6.07, 6.45) is 5.27. The van der Waals surface area contributed by atoms with E-state index in [1.807, 2.05) is 0 Å². The van der Waals surface area contributed by atoms with E-state index in [2.05, 4.69) is 81.5 Å². The van der Waals surface area contributed by atoms with Crippen LogP contribution in [0.25, 0.3) is 39.2 Å². The molecule has 34 heavy (non-hydrogen) atoms. The molecule has 3 fully saturated rings. The van der Waals surface area contributed by atoms with Crippen molar-refractivity contribution in [1.82, 2.24) is 24.3 Å². The molecule has 0 spiro atoms. The third kappa shape index (κ3) is 3.29. The van der Waals surface area contributed by atoms with E-state index in [1.165, 1.54) is 53.4 Å². The van der Waals surface area contributed by atoms with Crippen molar-refractivity contribution in [2.45, 2.75) is 38.3 Å². The number of hydrogen-bond donors (Lipinski definition) is 1. The molecule has 0 bridgehead atoms. The molecule has 2 unspecified atom stereocenters. The second-order valence-corrected chi connectivity index (χ2v) is 10.6. The van der Waals surface area contributed by atoms with E-state index in [-0.39, 0.29) is 0 Å². The smallest absolute Gasteiger partial charge is 0.157 e. The summed E-state index contributed by atoms with van der Waals surface area (Å²) < 4.78 is 4.75. The standard InChI is InChI=1S/C29H33N5/c1-19(33-14-12-21-11-13-30-25(21)18-33)22-9-10-27-24(15-22)31-29(32(27)2)28-16-23-5-3-4-6-26(23)34(28)17-20-7-8-20/h3-6,9-10,15-16,20-21,25,30H,1,7-8,11-14,17-18H2,2H3. The van der Waals surface area contributed by atoms with Crippen molar-refractivity contribution in [3.05, 3.63) is 60.7 Å². The Hall–Kier alpha value is -3.05. The molecule has 3 aliphatic rings. The molecule has 2 aromatic carbocycles. The SMILES string of the molecule is C=C(c1ccc2c(c1)nc(-c1cc3ccccc3n1CC1CC1)n2C)N1CCC2CCNC2C1. The van der Waals surface area contributed by atoms with Gasteiger partial charge in [-0.05, 0) is 73.9 Å². The molecule has 4 aromatic rings. The van der Waals surface area contributed by atoms with Gasteiger partial charge in [-0.3, -0.25) is 0 Å². The Morgan fingerprint density at radius 2 is 1.94 bits per heavy atom. The lowest BCUT2D eigenvalue weighted by Gasteiger charge is -2.37. The van der Waals surface area contributed by atoms with Crippen molar-refractivity contribution in [2.24, 2.45) is 18.9 Å². The summed E-state index contributed by atoms with van der Waals surface area (Å²) >= 11 is 0. The second-order valence-electron chi connectivity index (χ2n) is 10.6. The van der Waals surface area contributed by atoms with E-state index in [1.54, 1.807) is 0 Å². The molecule has 0 radical (unpaired) electrons. The predicted octanol–water partition coefficient (Wildman–Crippen LogP) is 5.26. The molecule has 1 N–H and O–H groups in total. The van der Waals surface area contributed by atoms with Crippen LogP contribution in [0.3, 0.4) is 0 Å². The van der Waals surface area contributed by atoms with Gasteiger partial charge in [0.15, 0.2) is 5.82 Å². The number of nitrogens with zero attached hydrogens (tertiary/aromatic N) is 4. The predicted molar refractivity (Wildman–Crippen MR) is 139 cm³/mol. The van der Waals surface area contributed by atoms with Crippen LogP contribution in [0, 0.1) is 11.8 Å². The average Bonchev–Trinajstić information content (AvgIpc) is 3.29. The molecule has 5 heteroatoms. The lowest BCUT2D eigenvalue weighted by molar-refractivity contribution is 0.231. The molecular weight excluding hydrogens is 418 g/mol. The Kier molecular flexibility index (Phi) is 4.63. The Morgan fingerprint density at radius 1 is 1.06 bits per heavy atom. The zero-order valence-electron chi connectivity index (χ0n) is 20.0. The lowest BCUT2D eigenvalue weighted by Crippen LogP contribution is -2.45. The van der Waals surface area contributed by atoms with Crippen LogP contribution in [0.5, 0.6) is 0 Å². The fraction of sp³-hybridized carbons (Fsp3) is 0.414. The summed E-state index contributed by atoms with van der Waals surface area (Å²) in [6, 6.07) is 18.4. The number of fused-ring (bicyclic) bond motifs is 3. The fourth-order valence-electron chi connectivity index (χ4n) is 6.22. The summed E-state index contributed by atoms with van der Waals surface area (Å²) in [5.41, 5.74) is 7.08. The van der Waals surface area contributed by atoms with E-state index >= 15 is 0 Å². The van der Waals surface area contributed by atoms with Crippen LogP contribution in [0.1, 0.15) is 31.2 Å². The summed E-state index contributed by atoms with van der Waals surface area (Å²) in [5.74, 6) is 2.69. The minimum absolute atomic E-state index is 0.615. The Bertz CT molecular complexity index is 1400. The van der Waals surface area contributed by atoms with Gasteiger partial charge in [0, 0.05) is 49.3 Å². The van der Waals surface area contributed by atoms with E-state index < -0.39 is 0 Å². The van der Waals surface area contributed by atoms with Crippen LogP contribution in [0.2, 0.25) is 0 Å². The van der Waals surface area contributed by atoms with Crippen LogP contribution >= 0.6 is 0 Å². The highest BCUT2D eigenvalue weighted by molar-refractivity contribution is 5.89. The minimum Gasteiger partial charge on any atom is -0.370 e. The van der Waals surface area contributed by atoms with Crippen molar-refractivity contribution in [1.29, 1.82) is 0 Å². The highest BCUT2D eigenvalue weighted by atomic mass is 15.2. The van der Waals surface area contributed by atoms with Gasteiger partial charge in [-0.1, -0.05) is 30.8 Å². The lowest BCUT2D eigenvalue weighted by atomic mass is 9.92. The molecule has 2 aromatic heterocycles. The first kappa shape index (κ1) is 20.3. The average molecular weight is 452 g/mol. The zero-order chi connectivity index (χ0) is 22.8. The number of imidazole rings is 1. The first-order valence-corrected chi connectivity index (χ1v) is 12.9. The maximum absolute atomic E-state index is 5.18. The van der Waals surface area contributed by atoms with Gasteiger partial charge in [0.05, 0.1) is 16.7 Å². The first-order valence-electron chi connectivity index (χ1n) is 12.9. The van der Waals surface area contributed by atoms with Gasteiger partial charge in [0.2, 0.25) is 0 Å². The maximum Gasteiger partial charge on any atom is 0.157 e. The highest BCUT2D eigenvalue weighted by Crippen LogP contribution is 2.37. The van der Waals surface area contributed by atoms with Crippen molar-refractivity contribution in [3.8, 4) is 11.5 Å². The molecule has 4 heterocycles. The van der Waals surface area contributed by atoms with E-state index in [9.17, 15) is 0 Å². The maximum atomic E-state index is 5.18. The molecule has 7 rings (SSSR count). The molecule has 1 saturated carbocycles. The fourth-order valence-corrected chi connectivity index (χ4v) is 6.22. The largest absolute Gasteiger partial charge is 0.370 e. The van der Waals surface area contributed by atoms with E-state index in [0.29, 0.717) is 6.04 Å². The van der Waals surface area contributed by atoms with Gasteiger partial charge in [0.1, 0.15) is 0 Å². The van der Waals surface area contributed by atoms with Crippen LogP contribution in [-0.2, 0) is 13.6 Å². The van der Waals surface area contributed by atoms with Crippen LogP contribution in [0.15, 0.2) is 55.1 Å². The number of hydrogen-bond acceptors (Lipinski definition) is 3. The Labute approximate surface area is 201 Å². The number of benzene rings is 2. The molecule has 2 aliphatic heterocycles. The van der Waals surface area contributed by atoms with Gasteiger partial charge in [0.25, 0.3) is 0 Å². The number of aromatic nitrogens is 3. The molecule has 2 atom stereocenters. The third-order valence-electron chi connectivity index (χ3n) is 8.45. The van der Waals surface area contributed by atoms with Gasteiger partial charge in [-0.15, -0.1) is 0 Å². The van der Waals surface area contributed by atoms with Crippen molar-refractivity contribution in [2.75, 3.05) is 19.6 Å². The van der Waals surface area contributed by atoms with E-state index in [4.69, 9.17) is 4.98 Å². The number of para-hydroxylation sites is 1. The number of rotatable bonds is 5. The van der Waals surface area contributed by atoms with Gasteiger partial charge in [-0.2, -0.15) is 0 Å². The van der Waals surface area contributed by atoms with Gasteiger partial charge < -0.3 is 19.4 Å². The second kappa shape index (κ2) is 7.74.